The second-order valence-corrected chi connectivity index (χ2v) is 6.33. The molecule has 0 spiro atoms. The molecule has 0 aliphatic carbocycles. The molecule has 1 aromatic rings. The Bertz CT molecular complexity index is 453. The summed E-state index contributed by atoms with van der Waals surface area (Å²) in [4.78, 5) is 0. The maximum absolute atomic E-state index is 7.59. The average molecular weight is 289 g/mol. The van der Waals surface area contributed by atoms with Gasteiger partial charge in [0.15, 0.2) is 0 Å². The van der Waals surface area contributed by atoms with Crippen molar-refractivity contribution >= 4 is 6.21 Å². The largest absolute Gasteiger partial charge is 0.494 e. The topological polar surface area (TPSA) is 42.3 Å². The molecule has 0 radical (unpaired) electrons. The maximum atomic E-state index is 7.59. The van der Waals surface area contributed by atoms with Crippen molar-refractivity contribution in [1.29, 1.82) is 5.41 Å². The summed E-state index contributed by atoms with van der Waals surface area (Å²) in [5.74, 6) is 2.29. The molecule has 0 saturated carbocycles. The molecule has 1 aliphatic rings. The van der Waals surface area contributed by atoms with E-state index in [9.17, 15) is 0 Å². The van der Waals surface area contributed by atoms with Gasteiger partial charge in [-0.15, -0.1) is 0 Å². The molecule has 1 N–H and O–H groups in total. The molecule has 0 amide bonds. The lowest BCUT2D eigenvalue weighted by molar-refractivity contribution is -0.0361. The van der Waals surface area contributed by atoms with Gasteiger partial charge in [0.1, 0.15) is 5.75 Å². The molecule has 3 heteroatoms. The van der Waals surface area contributed by atoms with E-state index in [-0.39, 0.29) is 0 Å². The fourth-order valence-corrected chi connectivity index (χ4v) is 2.47. The molecule has 0 aromatic heterocycles. The van der Waals surface area contributed by atoms with Gasteiger partial charge in [-0.2, -0.15) is 0 Å². The van der Waals surface area contributed by atoms with Gasteiger partial charge in [-0.3, -0.25) is 0 Å². The highest BCUT2D eigenvalue weighted by Gasteiger charge is 2.17. The van der Waals surface area contributed by atoms with E-state index < -0.39 is 0 Å². The lowest BCUT2D eigenvalue weighted by atomic mass is 9.96. The van der Waals surface area contributed by atoms with E-state index in [1.165, 1.54) is 24.6 Å². The summed E-state index contributed by atoms with van der Waals surface area (Å²) in [6, 6.07) is 6.15. The van der Waals surface area contributed by atoms with Crippen LogP contribution in [0.5, 0.6) is 5.75 Å². The first-order chi connectivity index (χ1) is 10.2. The molecule has 1 saturated heterocycles. The Balaban J connectivity index is 1.84. The molecular formula is C18H27NO2. The monoisotopic (exact) mass is 289 g/mol. The van der Waals surface area contributed by atoms with Crippen LogP contribution in [-0.2, 0) is 11.2 Å². The standard InChI is InChI=1S/C18H27NO2/c1-14(2)8-9-21-18-7-6-16(17(10-18)11-19)5-3-4-15-12-20-13-15/h6-7,10-11,14-15,19H,3-5,8-9,12-13H2,1-2H3. The van der Waals surface area contributed by atoms with Crippen LogP contribution in [0.2, 0.25) is 0 Å². The predicted molar refractivity (Wildman–Crippen MR) is 86.5 cm³/mol. The Hall–Kier alpha value is -1.35. The van der Waals surface area contributed by atoms with E-state index in [1.807, 2.05) is 12.1 Å². The number of benzene rings is 1. The zero-order chi connectivity index (χ0) is 15.1. The predicted octanol–water partition coefficient (Wildman–Crippen LogP) is 4.08. The third-order valence-corrected chi connectivity index (χ3v) is 4.00. The number of ether oxygens (including phenoxy) is 2. The van der Waals surface area contributed by atoms with Crippen molar-refractivity contribution in [2.24, 2.45) is 11.8 Å². The van der Waals surface area contributed by atoms with Crippen LogP contribution in [0.25, 0.3) is 0 Å². The van der Waals surface area contributed by atoms with Gasteiger partial charge in [0.25, 0.3) is 0 Å². The maximum Gasteiger partial charge on any atom is 0.119 e. The number of aryl methyl sites for hydroxylation is 1. The summed E-state index contributed by atoms with van der Waals surface area (Å²) in [7, 11) is 0. The summed E-state index contributed by atoms with van der Waals surface area (Å²) in [5, 5.41) is 7.59. The zero-order valence-electron chi connectivity index (χ0n) is 13.2. The van der Waals surface area contributed by atoms with Gasteiger partial charge < -0.3 is 14.9 Å². The molecular weight excluding hydrogens is 262 g/mol. The van der Waals surface area contributed by atoms with E-state index in [0.717, 1.165) is 49.9 Å². The first kappa shape index (κ1) is 16.0. The van der Waals surface area contributed by atoms with Crippen LogP contribution in [0, 0.1) is 17.2 Å². The van der Waals surface area contributed by atoms with Gasteiger partial charge in [-0.1, -0.05) is 19.9 Å². The third kappa shape index (κ3) is 5.16. The lowest BCUT2D eigenvalue weighted by Crippen LogP contribution is -2.27. The highest BCUT2D eigenvalue weighted by molar-refractivity contribution is 5.80. The quantitative estimate of drug-likeness (QED) is 0.696. The molecule has 21 heavy (non-hydrogen) atoms. The molecule has 0 bridgehead atoms. The number of nitrogens with one attached hydrogen (secondary N) is 1. The molecule has 1 aromatic carbocycles. The average Bonchev–Trinajstić information content (AvgIpc) is 2.42. The molecule has 116 valence electrons. The van der Waals surface area contributed by atoms with E-state index in [1.54, 1.807) is 0 Å². The second kappa shape index (κ2) is 8.18. The van der Waals surface area contributed by atoms with Gasteiger partial charge in [0.05, 0.1) is 19.8 Å². The minimum atomic E-state index is 0.655. The SMILES string of the molecule is CC(C)CCOc1ccc(CCCC2COC2)c(C=N)c1. The smallest absolute Gasteiger partial charge is 0.119 e. The Labute approximate surface area is 128 Å². The summed E-state index contributed by atoms with van der Waals surface area (Å²) >= 11 is 0. The van der Waals surface area contributed by atoms with Crippen molar-refractivity contribution in [1.82, 2.24) is 0 Å². The van der Waals surface area contributed by atoms with Crippen LogP contribution in [-0.4, -0.2) is 26.0 Å². The van der Waals surface area contributed by atoms with Crippen LogP contribution in [0.3, 0.4) is 0 Å². The fraction of sp³-hybridized carbons (Fsp3) is 0.611. The summed E-state index contributed by atoms with van der Waals surface area (Å²) in [6.45, 7) is 7.00. The molecule has 1 fully saturated rings. The summed E-state index contributed by atoms with van der Waals surface area (Å²) < 4.78 is 11.0. The van der Waals surface area contributed by atoms with Gasteiger partial charge in [-0.25, -0.2) is 0 Å². The van der Waals surface area contributed by atoms with Crippen molar-refractivity contribution in [2.45, 2.75) is 39.5 Å². The van der Waals surface area contributed by atoms with Gasteiger partial charge in [-0.05, 0) is 54.9 Å². The van der Waals surface area contributed by atoms with Crippen molar-refractivity contribution in [3.05, 3.63) is 29.3 Å². The minimum absolute atomic E-state index is 0.655. The zero-order valence-corrected chi connectivity index (χ0v) is 13.2. The Morgan fingerprint density at radius 1 is 1.38 bits per heavy atom. The van der Waals surface area contributed by atoms with Gasteiger partial charge >= 0.3 is 0 Å². The highest BCUT2D eigenvalue weighted by Crippen LogP contribution is 2.22. The molecule has 1 heterocycles. The fourth-order valence-electron chi connectivity index (χ4n) is 2.47. The minimum Gasteiger partial charge on any atom is -0.494 e. The Morgan fingerprint density at radius 3 is 2.81 bits per heavy atom. The Morgan fingerprint density at radius 2 is 2.19 bits per heavy atom. The van der Waals surface area contributed by atoms with Gasteiger partial charge in [0, 0.05) is 12.1 Å². The van der Waals surface area contributed by atoms with Crippen LogP contribution >= 0.6 is 0 Å². The molecule has 2 rings (SSSR count). The lowest BCUT2D eigenvalue weighted by Gasteiger charge is -2.25. The van der Waals surface area contributed by atoms with Crippen LogP contribution in [0.15, 0.2) is 18.2 Å². The molecule has 1 aliphatic heterocycles. The first-order valence-electron chi connectivity index (χ1n) is 8.03. The van der Waals surface area contributed by atoms with Crippen LogP contribution in [0.4, 0.5) is 0 Å². The van der Waals surface area contributed by atoms with Crippen molar-refractivity contribution in [3.63, 3.8) is 0 Å². The van der Waals surface area contributed by atoms with E-state index in [4.69, 9.17) is 14.9 Å². The third-order valence-electron chi connectivity index (χ3n) is 4.00. The van der Waals surface area contributed by atoms with Crippen LogP contribution in [0.1, 0.15) is 44.2 Å². The van der Waals surface area contributed by atoms with E-state index >= 15 is 0 Å². The normalized spacial score (nSPS) is 15.0. The van der Waals surface area contributed by atoms with Crippen molar-refractivity contribution in [2.75, 3.05) is 19.8 Å². The van der Waals surface area contributed by atoms with Crippen molar-refractivity contribution in [3.8, 4) is 5.75 Å². The number of rotatable bonds is 9. The summed E-state index contributed by atoms with van der Waals surface area (Å²) in [5.41, 5.74) is 2.24. The Kier molecular flexibility index (Phi) is 6.24. The van der Waals surface area contributed by atoms with Crippen LogP contribution < -0.4 is 4.74 Å². The number of hydrogen-bond acceptors (Lipinski definition) is 3. The molecule has 0 atom stereocenters. The molecule has 0 unspecified atom stereocenters. The highest BCUT2D eigenvalue weighted by atomic mass is 16.5. The van der Waals surface area contributed by atoms with E-state index in [2.05, 4.69) is 19.9 Å². The van der Waals surface area contributed by atoms with E-state index in [0.29, 0.717) is 5.92 Å². The summed E-state index contributed by atoms with van der Waals surface area (Å²) in [6.07, 6.45) is 5.93. The molecule has 3 nitrogen and oxygen atoms in total. The van der Waals surface area contributed by atoms with Crippen molar-refractivity contribution < 1.29 is 9.47 Å². The van der Waals surface area contributed by atoms with Gasteiger partial charge in [0.2, 0.25) is 0 Å². The first-order valence-corrected chi connectivity index (χ1v) is 8.03. The second-order valence-electron chi connectivity index (χ2n) is 6.33. The number of hydrogen-bond donors (Lipinski definition) is 1.